The number of aliphatic hydroxyl groups excluding tert-OH is 1. The summed E-state index contributed by atoms with van der Waals surface area (Å²) in [4.78, 5) is 11.2. The predicted octanol–water partition coefficient (Wildman–Crippen LogP) is -0.371. The molecule has 0 aromatic rings. The van der Waals surface area contributed by atoms with Crippen LogP contribution in [0.3, 0.4) is 0 Å². The lowest BCUT2D eigenvalue weighted by Gasteiger charge is -2.09. The molecule has 1 atom stereocenters. The maximum absolute atomic E-state index is 11.2. The zero-order valence-corrected chi connectivity index (χ0v) is 9.37. The second kappa shape index (κ2) is 9.89. The number of aliphatic hydroxyl groups is 1. The van der Waals surface area contributed by atoms with Gasteiger partial charge in [-0.05, 0) is 12.8 Å². The zero-order valence-electron chi connectivity index (χ0n) is 9.37. The van der Waals surface area contributed by atoms with Gasteiger partial charge in [-0.25, -0.2) is 0 Å². The highest BCUT2D eigenvalue weighted by atomic mass is 16.5. The van der Waals surface area contributed by atoms with Crippen LogP contribution in [0.1, 0.15) is 26.2 Å². The molecule has 0 bridgehead atoms. The van der Waals surface area contributed by atoms with Crippen molar-refractivity contribution in [2.45, 2.75) is 32.2 Å². The first kappa shape index (κ1) is 14.3. The Hall–Kier alpha value is -0.650. The van der Waals surface area contributed by atoms with E-state index in [9.17, 15) is 4.79 Å². The SMILES string of the molecule is CCC(N)CC(=O)NCCCOCCO. The molecule has 0 aliphatic rings. The molecule has 0 saturated carbocycles. The number of carbonyl (C=O) groups excluding carboxylic acids is 1. The van der Waals surface area contributed by atoms with E-state index >= 15 is 0 Å². The smallest absolute Gasteiger partial charge is 0.221 e. The average molecular weight is 218 g/mol. The van der Waals surface area contributed by atoms with Crippen molar-refractivity contribution in [1.29, 1.82) is 0 Å². The van der Waals surface area contributed by atoms with Gasteiger partial charge in [0, 0.05) is 25.6 Å². The van der Waals surface area contributed by atoms with E-state index in [0.717, 1.165) is 12.8 Å². The summed E-state index contributed by atoms with van der Waals surface area (Å²) in [6.45, 7) is 3.51. The molecule has 0 heterocycles. The van der Waals surface area contributed by atoms with Gasteiger partial charge in [0.25, 0.3) is 0 Å². The van der Waals surface area contributed by atoms with Crippen molar-refractivity contribution in [2.75, 3.05) is 26.4 Å². The second-order valence-electron chi connectivity index (χ2n) is 3.41. The van der Waals surface area contributed by atoms with Crippen LogP contribution in [0.5, 0.6) is 0 Å². The van der Waals surface area contributed by atoms with Crippen molar-refractivity contribution in [3.63, 3.8) is 0 Å². The van der Waals surface area contributed by atoms with Gasteiger partial charge in [-0.2, -0.15) is 0 Å². The molecule has 1 unspecified atom stereocenters. The number of nitrogens with one attached hydrogen (secondary N) is 1. The third-order valence-corrected chi connectivity index (χ3v) is 2.00. The summed E-state index contributed by atoms with van der Waals surface area (Å²) in [6.07, 6.45) is 1.95. The molecule has 90 valence electrons. The summed E-state index contributed by atoms with van der Waals surface area (Å²) in [7, 11) is 0. The van der Waals surface area contributed by atoms with E-state index in [0.29, 0.717) is 26.2 Å². The highest BCUT2D eigenvalue weighted by Crippen LogP contribution is 1.92. The predicted molar refractivity (Wildman–Crippen MR) is 58.4 cm³/mol. The van der Waals surface area contributed by atoms with Gasteiger partial charge >= 0.3 is 0 Å². The summed E-state index contributed by atoms with van der Waals surface area (Å²) in [5.74, 6) is -0.00786. The van der Waals surface area contributed by atoms with Crippen molar-refractivity contribution in [3.8, 4) is 0 Å². The molecule has 0 aromatic heterocycles. The van der Waals surface area contributed by atoms with E-state index in [1.54, 1.807) is 0 Å². The van der Waals surface area contributed by atoms with Crippen molar-refractivity contribution in [1.82, 2.24) is 5.32 Å². The standard InChI is InChI=1S/C10H22N2O3/c1-2-9(11)8-10(14)12-4-3-6-15-7-5-13/h9,13H,2-8,11H2,1H3,(H,12,14). The van der Waals surface area contributed by atoms with Crippen LogP contribution in [0, 0.1) is 0 Å². The van der Waals surface area contributed by atoms with Crippen molar-refractivity contribution >= 4 is 5.91 Å². The van der Waals surface area contributed by atoms with Crippen LogP contribution in [0.4, 0.5) is 0 Å². The van der Waals surface area contributed by atoms with Crippen LogP contribution < -0.4 is 11.1 Å². The van der Waals surface area contributed by atoms with E-state index in [4.69, 9.17) is 15.6 Å². The fraction of sp³-hybridized carbons (Fsp3) is 0.900. The van der Waals surface area contributed by atoms with Crippen LogP contribution in [0.2, 0.25) is 0 Å². The Kier molecular flexibility index (Phi) is 9.46. The fourth-order valence-corrected chi connectivity index (χ4v) is 1.02. The number of ether oxygens (including phenoxy) is 1. The minimum absolute atomic E-state index is 0.00786. The Morgan fingerprint density at radius 2 is 2.27 bits per heavy atom. The number of nitrogens with two attached hydrogens (primary N) is 1. The summed E-state index contributed by atoms with van der Waals surface area (Å²) in [6, 6.07) is -0.0457. The summed E-state index contributed by atoms with van der Waals surface area (Å²) in [5, 5.41) is 11.2. The van der Waals surface area contributed by atoms with E-state index in [2.05, 4.69) is 5.32 Å². The largest absolute Gasteiger partial charge is 0.394 e. The van der Waals surface area contributed by atoms with Gasteiger partial charge in [0.1, 0.15) is 0 Å². The van der Waals surface area contributed by atoms with Crippen LogP contribution in [0.15, 0.2) is 0 Å². The van der Waals surface area contributed by atoms with E-state index in [-0.39, 0.29) is 18.6 Å². The number of amides is 1. The zero-order chi connectivity index (χ0) is 11.5. The second-order valence-corrected chi connectivity index (χ2v) is 3.41. The Morgan fingerprint density at radius 3 is 2.87 bits per heavy atom. The van der Waals surface area contributed by atoms with Gasteiger partial charge < -0.3 is 20.9 Å². The molecule has 0 saturated heterocycles. The monoisotopic (exact) mass is 218 g/mol. The maximum atomic E-state index is 11.2. The van der Waals surface area contributed by atoms with Gasteiger partial charge in [0.2, 0.25) is 5.91 Å². The first-order valence-corrected chi connectivity index (χ1v) is 5.41. The first-order chi connectivity index (χ1) is 7.20. The molecule has 4 N–H and O–H groups in total. The molecule has 0 aliphatic carbocycles. The van der Waals surface area contributed by atoms with Crippen molar-refractivity contribution in [2.24, 2.45) is 5.73 Å². The first-order valence-electron chi connectivity index (χ1n) is 5.41. The number of hydrogen-bond donors (Lipinski definition) is 3. The molecule has 15 heavy (non-hydrogen) atoms. The van der Waals surface area contributed by atoms with E-state index in [1.165, 1.54) is 0 Å². The molecule has 0 fully saturated rings. The molecule has 1 amide bonds. The molecule has 0 aliphatic heterocycles. The third-order valence-electron chi connectivity index (χ3n) is 2.00. The average Bonchev–Trinajstić information content (AvgIpc) is 2.23. The molecule has 0 radical (unpaired) electrons. The maximum Gasteiger partial charge on any atom is 0.221 e. The molecule has 0 rings (SSSR count). The Labute approximate surface area is 91.0 Å². The van der Waals surface area contributed by atoms with Crippen molar-refractivity contribution in [3.05, 3.63) is 0 Å². The molecular formula is C10H22N2O3. The Balaban J connectivity index is 3.24. The minimum atomic E-state index is -0.0457. The van der Waals surface area contributed by atoms with E-state index < -0.39 is 0 Å². The van der Waals surface area contributed by atoms with Gasteiger partial charge in [-0.15, -0.1) is 0 Å². The number of carbonyl (C=O) groups is 1. The molecule has 0 aromatic carbocycles. The summed E-state index contributed by atoms with van der Waals surface area (Å²) < 4.78 is 5.04. The number of hydrogen-bond acceptors (Lipinski definition) is 4. The van der Waals surface area contributed by atoms with E-state index in [1.807, 2.05) is 6.92 Å². The molecular weight excluding hydrogens is 196 g/mol. The normalized spacial score (nSPS) is 12.5. The number of rotatable bonds is 9. The Bertz CT molecular complexity index is 165. The third kappa shape index (κ3) is 9.65. The van der Waals surface area contributed by atoms with Crippen LogP contribution in [-0.2, 0) is 9.53 Å². The van der Waals surface area contributed by atoms with Gasteiger partial charge in [0.05, 0.1) is 13.2 Å². The molecule has 5 heteroatoms. The van der Waals surface area contributed by atoms with Crippen LogP contribution >= 0.6 is 0 Å². The molecule has 5 nitrogen and oxygen atoms in total. The fourth-order valence-electron chi connectivity index (χ4n) is 1.02. The summed E-state index contributed by atoms with van der Waals surface area (Å²) >= 11 is 0. The quantitative estimate of drug-likeness (QED) is 0.461. The van der Waals surface area contributed by atoms with Crippen LogP contribution in [-0.4, -0.2) is 43.4 Å². The lowest BCUT2D eigenvalue weighted by atomic mass is 10.1. The highest BCUT2D eigenvalue weighted by Gasteiger charge is 2.06. The van der Waals surface area contributed by atoms with Gasteiger partial charge in [-0.3, -0.25) is 4.79 Å². The topological polar surface area (TPSA) is 84.6 Å². The lowest BCUT2D eigenvalue weighted by Crippen LogP contribution is -2.32. The van der Waals surface area contributed by atoms with Crippen LogP contribution in [0.25, 0.3) is 0 Å². The van der Waals surface area contributed by atoms with Gasteiger partial charge in [-0.1, -0.05) is 6.92 Å². The summed E-state index contributed by atoms with van der Waals surface area (Å²) in [5.41, 5.74) is 5.63. The van der Waals surface area contributed by atoms with Gasteiger partial charge in [0.15, 0.2) is 0 Å². The minimum Gasteiger partial charge on any atom is -0.394 e. The highest BCUT2D eigenvalue weighted by molar-refractivity contribution is 5.76. The lowest BCUT2D eigenvalue weighted by molar-refractivity contribution is -0.121. The van der Waals surface area contributed by atoms with Crippen molar-refractivity contribution < 1.29 is 14.6 Å². The Morgan fingerprint density at radius 1 is 1.53 bits per heavy atom. The molecule has 0 spiro atoms.